The number of rotatable bonds is 3. The van der Waals surface area contributed by atoms with Gasteiger partial charge in [0.05, 0.1) is 23.3 Å². The standard InChI is InChI=1S/C14H16N4O2/c1-3-20-14(19)8-17-12-7-10(15)4-5-11(12)18-13(17)6-9(2)16-18/h4-7H,3,8,15H2,1-2H3. The number of benzene rings is 1. The summed E-state index contributed by atoms with van der Waals surface area (Å²) in [5.41, 5.74) is 10.1. The first-order valence-electron chi connectivity index (χ1n) is 6.50. The lowest BCUT2D eigenvalue weighted by Gasteiger charge is -2.05. The molecule has 0 saturated heterocycles. The fraction of sp³-hybridized carbons (Fsp3) is 0.286. The van der Waals surface area contributed by atoms with Crippen molar-refractivity contribution in [3.05, 3.63) is 30.0 Å². The molecule has 0 radical (unpaired) electrons. The Labute approximate surface area is 115 Å². The predicted octanol–water partition coefficient (Wildman–Crippen LogP) is 1.74. The topological polar surface area (TPSA) is 74.5 Å². The van der Waals surface area contributed by atoms with Crippen LogP contribution in [-0.2, 0) is 16.1 Å². The van der Waals surface area contributed by atoms with Crippen molar-refractivity contribution in [3.8, 4) is 0 Å². The highest BCUT2D eigenvalue weighted by atomic mass is 16.5. The number of carbonyl (C=O) groups is 1. The van der Waals surface area contributed by atoms with Gasteiger partial charge < -0.3 is 15.0 Å². The summed E-state index contributed by atoms with van der Waals surface area (Å²) in [7, 11) is 0. The van der Waals surface area contributed by atoms with Crippen LogP contribution in [-0.4, -0.2) is 26.8 Å². The minimum absolute atomic E-state index is 0.148. The third-order valence-electron chi connectivity index (χ3n) is 3.20. The number of nitrogen functional groups attached to an aromatic ring is 1. The van der Waals surface area contributed by atoms with E-state index in [4.69, 9.17) is 10.5 Å². The molecule has 6 nitrogen and oxygen atoms in total. The van der Waals surface area contributed by atoms with E-state index in [9.17, 15) is 4.79 Å². The van der Waals surface area contributed by atoms with Crippen LogP contribution in [0.5, 0.6) is 0 Å². The van der Waals surface area contributed by atoms with Gasteiger partial charge in [-0.1, -0.05) is 0 Å². The van der Waals surface area contributed by atoms with E-state index in [0.717, 1.165) is 22.4 Å². The zero-order valence-electron chi connectivity index (χ0n) is 11.5. The van der Waals surface area contributed by atoms with Crippen LogP contribution in [0.1, 0.15) is 12.6 Å². The van der Waals surface area contributed by atoms with Crippen molar-refractivity contribution in [2.75, 3.05) is 12.3 Å². The minimum Gasteiger partial charge on any atom is -0.465 e. The average Bonchev–Trinajstić information content (AvgIpc) is 2.88. The number of hydrogen-bond donors (Lipinski definition) is 1. The lowest BCUT2D eigenvalue weighted by Crippen LogP contribution is -2.13. The van der Waals surface area contributed by atoms with Crippen LogP contribution in [0.4, 0.5) is 5.69 Å². The molecule has 0 fully saturated rings. The molecule has 0 saturated carbocycles. The van der Waals surface area contributed by atoms with Gasteiger partial charge in [-0.3, -0.25) is 4.79 Å². The number of esters is 1. The van der Waals surface area contributed by atoms with Gasteiger partial charge in [0.15, 0.2) is 0 Å². The molecule has 2 N–H and O–H groups in total. The molecule has 0 amide bonds. The Morgan fingerprint density at radius 2 is 2.15 bits per heavy atom. The van der Waals surface area contributed by atoms with Crippen LogP contribution in [0.15, 0.2) is 24.3 Å². The first-order chi connectivity index (χ1) is 9.60. The van der Waals surface area contributed by atoms with Crippen molar-refractivity contribution in [2.45, 2.75) is 20.4 Å². The monoisotopic (exact) mass is 272 g/mol. The molecular formula is C14H16N4O2. The predicted molar refractivity (Wildman–Crippen MR) is 76.5 cm³/mol. The first-order valence-corrected chi connectivity index (χ1v) is 6.50. The molecule has 0 aliphatic heterocycles. The second kappa shape index (κ2) is 4.56. The van der Waals surface area contributed by atoms with Gasteiger partial charge in [-0.15, -0.1) is 0 Å². The maximum absolute atomic E-state index is 11.8. The van der Waals surface area contributed by atoms with Crippen molar-refractivity contribution >= 4 is 28.3 Å². The zero-order chi connectivity index (χ0) is 14.3. The highest BCUT2D eigenvalue weighted by Crippen LogP contribution is 2.23. The van der Waals surface area contributed by atoms with E-state index < -0.39 is 0 Å². The third-order valence-corrected chi connectivity index (χ3v) is 3.20. The van der Waals surface area contributed by atoms with Crippen LogP contribution in [0.2, 0.25) is 0 Å². The number of aryl methyl sites for hydroxylation is 1. The summed E-state index contributed by atoms with van der Waals surface area (Å²) in [4.78, 5) is 11.8. The number of anilines is 1. The van der Waals surface area contributed by atoms with Crippen molar-refractivity contribution in [1.29, 1.82) is 0 Å². The van der Waals surface area contributed by atoms with Gasteiger partial charge >= 0.3 is 5.97 Å². The number of fused-ring (bicyclic) bond motifs is 3. The second-order valence-corrected chi connectivity index (χ2v) is 4.70. The summed E-state index contributed by atoms with van der Waals surface area (Å²) in [6.45, 7) is 4.23. The Hall–Kier alpha value is -2.50. The summed E-state index contributed by atoms with van der Waals surface area (Å²) in [5, 5.41) is 4.45. The first kappa shape index (κ1) is 12.5. The lowest BCUT2D eigenvalue weighted by atomic mass is 10.3. The molecule has 1 aromatic carbocycles. The highest BCUT2D eigenvalue weighted by Gasteiger charge is 2.15. The Morgan fingerprint density at radius 1 is 1.35 bits per heavy atom. The van der Waals surface area contributed by atoms with Crippen LogP contribution in [0, 0.1) is 6.92 Å². The second-order valence-electron chi connectivity index (χ2n) is 4.70. The van der Waals surface area contributed by atoms with Crippen molar-refractivity contribution in [3.63, 3.8) is 0 Å². The Morgan fingerprint density at radius 3 is 2.90 bits per heavy atom. The number of hydrogen-bond acceptors (Lipinski definition) is 4. The number of nitrogens with two attached hydrogens (primary N) is 1. The van der Waals surface area contributed by atoms with Gasteiger partial charge in [0.25, 0.3) is 0 Å². The summed E-state index contributed by atoms with van der Waals surface area (Å²) < 4.78 is 8.73. The normalized spacial score (nSPS) is 11.3. The molecule has 2 heterocycles. The molecule has 0 aliphatic rings. The van der Waals surface area contributed by atoms with Crippen LogP contribution in [0.3, 0.4) is 0 Å². The number of imidazole rings is 1. The molecule has 2 aromatic heterocycles. The SMILES string of the molecule is CCOC(=O)Cn1c2cc(N)ccc2n2nc(C)cc12. The smallest absolute Gasteiger partial charge is 0.326 e. The molecule has 0 bridgehead atoms. The van der Waals surface area contributed by atoms with E-state index in [1.165, 1.54) is 0 Å². The summed E-state index contributed by atoms with van der Waals surface area (Å²) in [5.74, 6) is -0.270. The Bertz CT molecular complexity index is 800. The van der Waals surface area contributed by atoms with E-state index in [0.29, 0.717) is 12.3 Å². The van der Waals surface area contributed by atoms with E-state index >= 15 is 0 Å². The lowest BCUT2D eigenvalue weighted by molar-refractivity contribution is -0.143. The van der Waals surface area contributed by atoms with E-state index in [-0.39, 0.29) is 12.5 Å². The van der Waals surface area contributed by atoms with Crippen LogP contribution < -0.4 is 5.73 Å². The van der Waals surface area contributed by atoms with Crippen molar-refractivity contribution in [2.24, 2.45) is 0 Å². The Balaban J connectivity index is 2.23. The quantitative estimate of drug-likeness (QED) is 0.582. The van der Waals surface area contributed by atoms with Crippen molar-refractivity contribution < 1.29 is 9.53 Å². The van der Waals surface area contributed by atoms with Gasteiger partial charge in [-0.25, -0.2) is 4.52 Å². The molecule has 3 rings (SSSR count). The van der Waals surface area contributed by atoms with Gasteiger partial charge in [-0.05, 0) is 32.0 Å². The van der Waals surface area contributed by atoms with Crippen LogP contribution in [0.25, 0.3) is 16.7 Å². The summed E-state index contributed by atoms with van der Waals surface area (Å²) in [6, 6.07) is 7.52. The molecule has 6 heteroatoms. The maximum Gasteiger partial charge on any atom is 0.326 e. The molecule has 0 spiro atoms. The molecule has 20 heavy (non-hydrogen) atoms. The molecule has 0 unspecified atom stereocenters. The van der Waals surface area contributed by atoms with Gasteiger partial charge in [0.1, 0.15) is 12.2 Å². The molecule has 3 aromatic rings. The van der Waals surface area contributed by atoms with E-state index in [1.54, 1.807) is 6.92 Å². The number of ether oxygens (including phenoxy) is 1. The van der Waals surface area contributed by atoms with Gasteiger partial charge in [-0.2, -0.15) is 5.10 Å². The molecule has 104 valence electrons. The van der Waals surface area contributed by atoms with Gasteiger partial charge in [0.2, 0.25) is 0 Å². The Kier molecular flexibility index (Phi) is 2.85. The fourth-order valence-electron chi connectivity index (χ4n) is 2.42. The van der Waals surface area contributed by atoms with Gasteiger partial charge in [0, 0.05) is 11.8 Å². The van der Waals surface area contributed by atoms with E-state index in [2.05, 4.69) is 5.10 Å². The number of aromatic nitrogens is 3. The molecule has 0 aliphatic carbocycles. The number of nitrogens with zero attached hydrogens (tertiary/aromatic N) is 3. The average molecular weight is 272 g/mol. The zero-order valence-corrected chi connectivity index (χ0v) is 11.5. The highest BCUT2D eigenvalue weighted by molar-refractivity contribution is 5.86. The summed E-state index contributed by atoms with van der Waals surface area (Å²) >= 11 is 0. The number of carbonyl (C=O) groups excluding carboxylic acids is 1. The largest absolute Gasteiger partial charge is 0.465 e. The summed E-state index contributed by atoms with van der Waals surface area (Å²) in [6.07, 6.45) is 0. The van der Waals surface area contributed by atoms with Crippen molar-refractivity contribution in [1.82, 2.24) is 14.2 Å². The third kappa shape index (κ3) is 1.89. The molecular weight excluding hydrogens is 256 g/mol. The maximum atomic E-state index is 11.8. The van der Waals surface area contributed by atoms with E-state index in [1.807, 2.05) is 40.3 Å². The molecule has 0 atom stereocenters. The van der Waals surface area contributed by atoms with Crippen LogP contribution >= 0.6 is 0 Å². The fourth-order valence-corrected chi connectivity index (χ4v) is 2.42. The minimum atomic E-state index is -0.270.